The van der Waals surface area contributed by atoms with Gasteiger partial charge in [-0.2, -0.15) is 5.10 Å². The highest BCUT2D eigenvalue weighted by Crippen LogP contribution is 2.31. The van der Waals surface area contributed by atoms with Crippen LogP contribution >= 0.6 is 0 Å². The smallest absolute Gasteiger partial charge is 0.225 e. The molecule has 150 valence electrons. The summed E-state index contributed by atoms with van der Waals surface area (Å²) in [4.78, 5) is 15.1. The molecule has 1 aromatic carbocycles. The molecular weight excluding hydrogens is 354 g/mol. The van der Waals surface area contributed by atoms with Gasteiger partial charge in [-0.1, -0.05) is 30.3 Å². The number of rotatable bonds is 3. The quantitative estimate of drug-likeness (QED) is 0.882. The minimum absolute atomic E-state index is 0.0570. The Kier molecular flexibility index (Phi) is 5.51. The summed E-state index contributed by atoms with van der Waals surface area (Å²) in [6.07, 6.45) is 2.88. The average molecular weight is 383 g/mol. The molecular formula is C22H29N3O3. The lowest BCUT2D eigenvalue weighted by atomic mass is 9.84. The van der Waals surface area contributed by atoms with Crippen LogP contribution in [0, 0.1) is 5.92 Å². The summed E-state index contributed by atoms with van der Waals surface area (Å²) in [5, 5.41) is 14.8. The molecule has 6 nitrogen and oxygen atoms in total. The van der Waals surface area contributed by atoms with Crippen LogP contribution in [-0.4, -0.2) is 58.1 Å². The van der Waals surface area contributed by atoms with Crippen LogP contribution in [0.25, 0.3) is 11.3 Å². The van der Waals surface area contributed by atoms with Crippen LogP contribution in [0.4, 0.5) is 0 Å². The van der Waals surface area contributed by atoms with E-state index in [0.717, 1.165) is 30.7 Å². The Morgan fingerprint density at radius 3 is 2.68 bits per heavy atom. The predicted molar refractivity (Wildman–Crippen MR) is 107 cm³/mol. The number of carbonyl (C=O) groups excluding carboxylic acids is 1. The molecule has 2 aromatic rings. The van der Waals surface area contributed by atoms with Crippen LogP contribution in [0.15, 0.2) is 30.3 Å². The van der Waals surface area contributed by atoms with Crippen molar-refractivity contribution in [3.05, 3.63) is 41.6 Å². The number of fused-ring (bicyclic) bond motifs is 1. The molecule has 6 heteroatoms. The first kappa shape index (κ1) is 19.2. The maximum atomic E-state index is 13.1. The van der Waals surface area contributed by atoms with Crippen molar-refractivity contribution in [1.29, 1.82) is 0 Å². The van der Waals surface area contributed by atoms with Crippen molar-refractivity contribution in [2.75, 3.05) is 20.2 Å². The maximum Gasteiger partial charge on any atom is 0.225 e. The standard InChI is InChI=1S/C22H29N3O3/c1-24-21(15-6-4-3-5-7-15)17-10-12-25(13-11-18(17)23-24)22(27)16-8-9-19(26)20(14-16)28-2/h3-7,16,19-20,26H,8-14H2,1-2H3/t16-,19+,20-/m0/s1. The topological polar surface area (TPSA) is 67.6 Å². The second-order valence-corrected chi connectivity index (χ2v) is 7.94. The summed E-state index contributed by atoms with van der Waals surface area (Å²) >= 11 is 0. The van der Waals surface area contributed by atoms with Gasteiger partial charge >= 0.3 is 0 Å². The van der Waals surface area contributed by atoms with Gasteiger partial charge in [-0.3, -0.25) is 9.48 Å². The maximum absolute atomic E-state index is 13.1. The molecule has 0 unspecified atom stereocenters. The molecule has 1 fully saturated rings. The first-order valence-electron chi connectivity index (χ1n) is 10.2. The summed E-state index contributed by atoms with van der Waals surface area (Å²) in [5.74, 6) is 0.142. The fourth-order valence-corrected chi connectivity index (χ4v) is 4.71. The van der Waals surface area contributed by atoms with E-state index in [4.69, 9.17) is 9.84 Å². The van der Waals surface area contributed by atoms with E-state index in [1.807, 2.05) is 34.8 Å². The molecule has 0 spiro atoms. The highest BCUT2D eigenvalue weighted by atomic mass is 16.5. The van der Waals surface area contributed by atoms with Gasteiger partial charge in [-0.15, -0.1) is 0 Å². The number of aliphatic hydroxyl groups is 1. The number of ether oxygens (including phenoxy) is 1. The first-order chi connectivity index (χ1) is 13.6. The van der Waals surface area contributed by atoms with Gasteiger partial charge in [-0.05, 0) is 25.7 Å². The first-order valence-corrected chi connectivity index (χ1v) is 10.2. The van der Waals surface area contributed by atoms with Crippen molar-refractivity contribution >= 4 is 5.91 Å². The Hall–Kier alpha value is -2.18. The summed E-state index contributed by atoms with van der Waals surface area (Å²) < 4.78 is 7.35. The monoisotopic (exact) mass is 383 g/mol. The number of amides is 1. The van der Waals surface area contributed by atoms with Crippen molar-refractivity contribution < 1.29 is 14.6 Å². The number of carbonyl (C=O) groups is 1. The Morgan fingerprint density at radius 1 is 1.18 bits per heavy atom. The molecule has 1 aliphatic carbocycles. The third kappa shape index (κ3) is 3.59. The molecule has 0 radical (unpaired) electrons. The van der Waals surface area contributed by atoms with E-state index >= 15 is 0 Å². The van der Waals surface area contributed by atoms with E-state index in [1.54, 1.807) is 7.11 Å². The number of aryl methyl sites for hydroxylation is 1. The van der Waals surface area contributed by atoms with Crippen molar-refractivity contribution in [3.63, 3.8) is 0 Å². The number of hydrogen-bond acceptors (Lipinski definition) is 4. The molecule has 2 aliphatic rings. The zero-order chi connectivity index (χ0) is 19.7. The van der Waals surface area contributed by atoms with Crippen molar-refractivity contribution in [3.8, 4) is 11.3 Å². The van der Waals surface area contributed by atoms with Gasteiger partial charge in [0.2, 0.25) is 5.91 Å². The van der Waals surface area contributed by atoms with Crippen LogP contribution in [0.3, 0.4) is 0 Å². The molecule has 1 N–H and O–H groups in total. The normalized spacial score (nSPS) is 25.2. The fraction of sp³-hybridized carbons (Fsp3) is 0.545. The van der Waals surface area contributed by atoms with E-state index in [-0.39, 0.29) is 17.9 Å². The van der Waals surface area contributed by atoms with E-state index in [9.17, 15) is 9.90 Å². The number of hydrogen-bond donors (Lipinski definition) is 1. The number of methoxy groups -OCH3 is 1. The lowest BCUT2D eigenvalue weighted by Gasteiger charge is -2.34. The molecule has 1 saturated carbocycles. The molecule has 4 rings (SSSR count). The molecule has 28 heavy (non-hydrogen) atoms. The highest BCUT2D eigenvalue weighted by molar-refractivity contribution is 5.79. The van der Waals surface area contributed by atoms with E-state index in [0.29, 0.717) is 25.9 Å². The zero-order valence-electron chi connectivity index (χ0n) is 16.7. The van der Waals surface area contributed by atoms with Gasteiger partial charge in [0.1, 0.15) is 0 Å². The van der Waals surface area contributed by atoms with Crippen molar-refractivity contribution in [1.82, 2.24) is 14.7 Å². The largest absolute Gasteiger partial charge is 0.390 e. The Balaban J connectivity index is 1.50. The van der Waals surface area contributed by atoms with E-state index < -0.39 is 6.10 Å². The molecule has 3 atom stereocenters. The van der Waals surface area contributed by atoms with E-state index in [1.165, 1.54) is 11.1 Å². The highest BCUT2D eigenvalue weighted by Gasteiger charge is 2.35. The molecule has 1 aliphatic heterocycles. The van der Waals surface area contributed by atoms with Crippen LogP contribution in [0.5, 0.6) is 0 Å². The van der Waals surface area contributed by atoms with Crippen LogP contribution in [0.2, 0.25) is 0 Å². The number of aromatic nitrogens is 2. The summed E-state index contributed by atoms with van der Waals surface area (Å²) in [7, 11) is 3.61. The second-order valence-electron chi connectivity index (χ2n) is 7.94. The van der Waals surface area contributed by atoms with Gasteiger partial charge in [0, 0.05) is 50.7 Å². The Morgan fingerprint density at radius 2 is 1.93 bits per heavy atom. The summed E-state index contributed by atoms with van der Waals surface area (Å²) in [6.45, 7) is 1.42. The van der Waals surface area contributed by atoms with Gasteiger partial charge in [0.15, 0.2) is 0 Å². The number of nitrogens with zero attached hydrogens (tertiary/aromatic N) is 3. The zero-order valence-corrected chi connectivity index (χ0v) is 16.7. The number of aliphatic hydroxyl groups excluding tert-OH is 1. The van der Waals surface area contributed by atoms with Gasteiger partial charge in [-0.25, -0.2) is 0 Å². The molecule has 1 amide bonds. The summed E-state index contributed by atoms with van der Waals surface area (Å²) in [6, 6.07) is 10.3. The molecule has 2 heterocycles. The third-order valence-electron chi connectivity index (χ3n) is 6.25. The van der Waals surface area contributed by atoms with Crippen molar-refractivity contribution in [2.24, 2.45) is 13.0 Å². The SMILES string of the molecule is CO[C@H]1C[C@@H](C(=O)N2CCc3nn(C)c(-c4ccccc4)c3CC2)CC[C@H]1O. The molecule has 0 saturated heterocycles. The second kappa shape index (κ2) is 8.05. The predicted octanol–water partition coefficient (Wildman–Crippen LogP) is 2.19. The molecule has 0 bridgehead atoms. The average Bonchev–Trinajstić information content (AvgIpc) is 2.89. The van der Waals surface area contributed by atoms with Gasteiger partial charge < -0.3 is 14.7 Å². The Bertz CT molecular complexity index is 833. The van der Waals surface area contributed by atoms with E-state index in [2.05, 4.69) is 12.1 Å². The lowest BCUT2D eigenvalue weighted by molar-refractivity contribution is -0.140. The third-order valence-corrected chi connectivity index (χ3v) is 6.25. The van der Waals surface area contributed by atoms with Gasteiger partial charge in [0.25, 0.3) is 0 Å². The van der Waals surface area contributed by atoms with Crippen LogP contribution in [-0.2, 0) is 29.4 Å². The number of benzene rings is 1. The van der Waals surface area contributed by atoms with Gasteiger partial charge in [0.05, 0.1) is 23.6 Å². The lowest BCUT2D eigenvalue weighted by Crippen LogP contribution is -2.44. The fourth-order valence-electron chi connectivity index (χ4n) is 4.71. The minimum Gasteiger partial charge on any atom is -0.390 e. The van der Waals surface area contributed by atoms with Crippen molar-refractivity contribution in [2.45, 2.75) is 44.3 Å². The van der Waals surface area contributed by atoms with Crippen LogP contribution < -0.4 is 0 Å². The minimum atomic E-state index is -0.457. The molecule has 1 aromatic heterocycles. The van der Waals surface area contributed by atoms with Crippen LogP contribution in [0.1, 0.15) is 30.5 Å². The summed E-state index contributed by atoms with van der Waals surface area (Å²) in [5.41, 5.74) is 4.69. The Labute approximate surface area is 166 Å².